The highest BCUT2D eigenvalue weighted by Crippen LogP contribution is 2.44. The Balaban J connectivity index is 0.00000200. The number of hydrogen-bond donors (Lipinski definition) is 2. The van der Waals surface area contributed by atoms with E-state index in [9.17, 15) is 0 Å². The van der Waals surface area contributed by atoms with E-state index in [4.69, 9.17) is 0 Å². The van der Waals surface area contributed by atoms with Crippen molar-refractivity contribution in [2.45, 2.75) is 35.3 Å². The lowest BCUT2D eigenvalue weighted by Crippen LogP contribution is -2.43. The number of nitrogens with one attached hydrogen (secondary N) is 2. The predicted molar refractivity (Wildman–Crippen MR) is 99.3 cm³/mol. The molecule has 2 rings (SSSR count). The van der Waals surface area contributed by atoms with E-state index in [2.05, 4.69) is 46.0 Å². The van der Waals surface area contributed by atoms with Crippen molar-refractivity contribution in [1.29, 1.82) is 0 Å². The third kappa shape index (κ3) is 4.84. The summed E-state index contributed by atoms with van der Waals surface area (Å²) in [6.45, 7) is 0.972. The molecule has 0 unspecified atom stereocenters. The summed E-state index contributed by atoms with van der Waals surface area (Å²) < 4.78 is 0.314. The van der Waals surface area contributed by atoms with Crippen molar-refractivity contribution >= 4 is 41.7 Å². The summed E-state index contributed by atoms with van der Waals surface area (Å²) in [5.74, 6) is 0.875. The predicted octanol–water partition coefficient (Wildman–Crippen LogP) is 3.50. The molecule has 2 N–H and O–H groups in total. The van der Waals surface area contributed by atoms with Crippen LogP contribution >= 0.6 is 35.7 Å². The van der Waals surface area contributed by atoms with Crippen LogP contribution in [-0.2, 0) is 0 Å². The van der Waals surface area contributed by atoms with Gasteiger partial charge in [-0.25, -0.2) is 0 Å². The number of nitrogens with zero attached hydrogens (tertiary/aromatic N) is 1. The number of thioether (sulfide) groups is 1. The van der Waals surface area contributed by atoms with Crippen molar-refractivity contribution in [3.05, 3.63) is 30.3 Å². The molecule has 0 aromatic heterocycles. The Morgan fingerprint density at radius 1 is 1.25 bits per heavy atom. The van der Waals surface area contributed by atoms with Crippen molar-refractivity contribution in [1.82, 2.24) is 10.6 Å². The van der Waals surface area contributed by atoms with E-state index in [0.717, 1.165) is 12.5 Å². The summed E-state index contributed by atoms with van der Waals surface area (Å²) in [6, 6.07) is 10.7. The average Bonchev–Trinajstić information content (AvgIpc) is 2.90. The van der Waals surface area contributed by atoms with E-state index >= 15 is 0 Å². The highest BCUT2D eigenvalue weighted by Gasteiger charge is 2.35. The number of rotatable bonds is 4. The third-order valence-electron chi connectivity index (χ3n) is 3.63. The van der Waals surface area contributed by atoms with Crippen LogP contribution in [-0.4, -0.2) is 31.3 Å². The first kappa shape index (κ1) is 17.6. The van der Waals surface area contributed by atoms with Gasteiger partial charge in [-0.3, -0.25) is 4.99 Å². The number of aliphatic imine (C=N–C) groups is 1. The molecule has 0 amide bonds. The van der Waals surface area contributed by atoms with Crippen LogP contribution in [0, 0.1) is 0 Å². The summed E-state index contributed by atoms with van der Waals surface area (Å²) in [5.41, 5.74) is 0. The first-order valence-corrected chi connectivity index (χ1v) is 7.72. The molecule has 0 spiro atoms. The Bertz CT molecular complexity index is 416. The zero-order chi connectivity index (χ0) is 13.6. The molecular weight excluding hydrogens is 381 g/mol. The van der Waals surface area contributed by atoms with Gasteiger partial charge in [0.25, 0.3) is 0 Å². The minimum atomic E-state index is 0. The Morgan fingerprint density at radius 2 is 1.90 bits per heavy atom. The van der Waals surface area contributed by atoms with Crippen molar-refractivity contribution in [3.8, 4) is 0 Å². The monoisotopic (exact) mass is 405 g/mol. The zero-order valence-corrected chi connectivity index (χ0v) is 15.3. The van der Waals surface area contributed by atoms with Crippen LogP contribution in [0.25, 0.3) is 0 Å². The molecule has 0 heterocycles. The quantitative estimate of drug-likeness (QED) is 0.457. The molecule has 0 atom stereocenters. The van der Waals surface area contributed by atoms with E-state index in [1.54, 1.807) is 0 Å². The van der Waals surface area contributed by atoms with Gasteiger partial charge in [0, 0.05) is 30.3 Å². The molecule has 1 aliphatic carbocycles. The zero-order valence-electron chi connectivity index (χ0n) is 12.2. The van der Waals surface area contributed by atoms with Crippen LogP contribution in [0.1, 0.15) is 25.7 Å². The summed E-state index contributed by atoms with van der Waals surface area (Å²) in [7, 11) is 3.71. The molecule has 1 aromatic rings. The van der Waals surface area contributed by atoms with Gasteiger partial charge in [-0.2, -0.15) is 0 Å². The average molecular weight is 405 g/mol. The molecular formula is C15H24IN3S. The normalized spacial score (nSPS) is 17.4. The highest BCUT2D eigenvalue weighted by molar-refractivity contribution is 14.0. The highest BCUT2D eigenvalue weighted by atomic mass is 127. The van der Waals surface area contributed by atoms with Gasteiger partial charge in [-0.05, 0) is 25.0 Å². The molecule has 3 nitrogen and oxygen atoms in total. The largest absolute Gasteiger partial charge is 0.359 e. The van der Waals surface area contributed by atoms with Crippen LogP contribution in [0.2, 0.25) is 0 Å². The molecule has 1 saturated carbocycles. The maximum atomic E-state index is 4.19. The van der Waals surface area contributed by atoms with Crippen LogP contribution in [0.4, 0.5) is 0 Å². The van der Waals surface area contributed by atoms with Crippen LogP contribution < -0.4 is 10.6 Å². The van der Waals surface area contributed by atoms with E-state index in [1.165, 1.54) is 30.6 Å². The van der Waals surface area contributed by atoms with Crippen molar-refractivity contribution in [2.24, 2.45) is 4.99 Å². The van der Waals surface area contributed by atoms with Gasteiger partial charge in [-0.1, -0.05) is 31.0 Å². The summed E-state index contributed by atoms with van der Waals surface area (Å²) >= 11 is 2.02. The lowest BCUT2D eigenvalue weighted by atomic mass is 10.1. The summed E-state index contributed by atoms with van der Waals surface area (Å²) in [5, 5.41) is 6.53. The number of guanidine groups is 1. The second-order valence-electron chi connectivity index (χ2n) is 4.98. The fraction of sp³-hybridized carbons (Fsp3) is 0.533. The summed E-state index contributed by atoms with van der Waals surface area (Å²) in [4.78, 5) is 5.56. The smallest absolute Gasteiger partial charge is 0.190 e. The molecule has 0 radical (unpaired) electrons. The first-order valence-electron chi connectivity index (χ1n) is 6.90. The van der Waals surface area contributed by atoms with Gasteiger partial charge in [0.2, 0.25) is 0 Å². The van der Waals surface area contributed by atoms with E-state index in [1.807, 2.05) is 25.9 Å². The maximum absolute atomic E-state index is 4.19. The molecule has 5 heteroatoms. The van der Waals surface area contributed by atoms with Gasteiger partial charge in [0.1, 0.15) is 0 Å². The van der Waals surface area contributed by atoms with Gasteiger partial charge in [0.05, 0.1) is 0 Å². The molecule has 20 heavy (non-hydrogen) atoms. The maximum Gasteiger partial charge on any atom is 0.190 e. The molecule has 0 aliphatic heterocycles. The first-order chi connectivity index (χ1) is 9.28. The Hall–Kier alpha value is -0.430. The van der Waals surface area contributed by atoms with Gasteiger partial charge >= 0.3 is 0 Å². The third-order valence-corrected chi connectivity index (χ3v) is 5.12. The number of halogens is 1. The fourth-order valence-electron chi connectivity index (χ4n) is 2.60. The van der Waals surface area contributed by atoms with Crippen molar-refractivity contribution in [2.75, 3.05) is 20.6 Å². The van der Waals surface area contributed by atoms with Gasteiger partial charge in [-0.15, -0.1) is 35.7 Å². The van der Waals surface area contributed by atoms with Gasteiger partial charge < -0.3 is 10.6 Å². The molecule has 1 aromatic carbocycles. The fourth-order valence-corrected chi connectivity index (χ4v) is 4.03. The van der Waals surface area contributed by atoms with E-state index in [0.29, 0.717) is 4.75 Å². The Kier molecular flexibility index (Phi) is 7.72. The lowest BCUT2D eigenvalue weighted by molar-refractivity contribution is 0.585. The Morgan fingerprint density at radius 3 is 2.45 bits per heavy atom. The second kappa shape index (κ2) is 8.77. The second-order valence-corrected chi connectivity index (χ2v) is 6.52. The minimum Gasteiger partial charge on any atom is -0.359 e. The molecule has 1 fully saturated rings. The van der Waals surface area contributed by atoms with Crippen molar-refractivity contribution in [3.63, 3.8) is 0 Å². The van der Waals surface area contributed by atoms with Crippen LogP contribution in [0.15, 0.2) is 40.2 Å². The van der Waals surface area contributed by atoms with E-state index < -0.39 is 0 Å². The minimum absolute atomic E-state index is 0. The van der Waals surface area contributed by atoms with Gasteiger partial charge in [0.15, 0.2) is 5.96 Å². The molecule has 1 aliphatic rings. The molecule has 0 saturated heterocycles. The standard InChI is InChI=1S/C15H23N3S.HI/c1-16-14(17-2)18-12-15(10-6-7-11-15)19-13-8-4-3-5-9-13;/h3-5,8-9H,6-7,10-12H2,1-2H3,(H2,16,17,18);1H. The Labute approximate surface area is 143 Å². The topological polar surface area (TPSA) is 36.4 Å². The number of benzene rings is 1. The molecule has 0 bridgehead atoms. The molecule has 112 valence electrons. The van der Waals surface area contributed by atoms with Crippen molar-refractivity contribution < 1.29 is 0 Å². The SMILES string of the molecule is CN=C(NC)NCC1(Sc2ccccc2)CCCC1.I. The summed E-state index contributed by atoms with van der Waals surface area (Å²) in [6.07, 6.45) is 5.22. The van der Waals surface area contributed by atoms with Crippen LogP contribution in [0.3, 0.4) is 0 Å². The van der Waals surface area contributed by atoms with Crippen LogP contribution in [0.5, 0.6) is 0 Å². The van der Waals surface area contributed by atoms with E-state index in [-0.39, 0.29) is 24.0 Å². The lowest BCUT2D eigenvalue weighted by Gasteiger charge is -2.29. The number of hydrogen-bond acceptors (Lipinski definition) is 2.